The molecule has 0 radical (unpaired) electrons. The minimum atomic E-state index is -0.684. The maximum Gasteiger partial charge on any atom is 0.256 e. The quantitative estimate of drug-likeness (QED) is 0.730. The van der Waals surface area contributed by atoms with Crippen molar-refractivity contribution in [3.05, 3.63) is 18.2 Å². The van der Waals surface area contributed by atoms with Gasteiger partial charge in [0.05, 0.1) is 19.3 Å². The molecule has 2 fully saturated rings. The van der Waals surface area contributed by atoms with Gasteiger partial charge in [-0.05, 0) is 6.92 Å². The van der Waals surface area contributed by atoms with E-state index in [1.165, 1.54) is 19.3 Å². The van der Waals surface area contributed by atoms with Crippen LogP contribution in [-0.2, 0) is 9.53 Å². The summed E-state index contributed by atoms with van der Waals surface area (Å²) in [6, 6.07) is 0.0570. The molecule has 1 aliphatic heterocycles. The lowest BCUT2D eigenvalue weighted by atomic mass is 9.89. The van der Waals surface area contributed by atoms with Crippen molar-refractivity contribution in [3.8, 4) is 17.1 Å². The zero-order valence-electron chi connectivity index (χ0n) is 16.8. The molecule has 0 unspecified atom stereocenters. The SMILES string of the molecule is CC(=O)N[C@H]1C[C@H](Oc2nc(N3CCOC[C@@H]3C)nc(-c3cnc(N)nc3)c2F)C1. The largest absolute Gasteiger partial charge is 0.472 e. The van der Waals surface area contributed by atoms with E-state index >= 15 is 4.39 Å². The minimum Gasteiger partial charge on any atom is -0.472 e. The Morgan fingerprint density at radius 2 is 2.07 bits per heavy atom. The predicted molar refractivity (Wildman–Crippen MR) is 106 cm³/mol. The highest BCUT2D eigenvalue weighted by Gasteiger charge is 2.34. The second kappa shape index (κ2) is 8.34. The van der Waals surface area contributed by atoms with E-state index in [1.54, 1.807) is 0 Å². The molecule has 0 spiro atoms. The maximum atomic E-state index is 15.3. The van der Waals surface area contributed by atoms with Crippen molar-refractivity contribution >= 4 is 17.8 Å². The topological polar surface area (TPSA) is 128 Å². The van der Waals surface area contributed by atoms with E-state index in [-0.39, 0.29) is 41.6 Å². The van der Waals surface area contributed by atoms with Crippen molar-refractivity contribution in [2.24, 2.45) is 0 Å². The molecule has 0 aromatic carbocycles. The molecule has 2 aromatic rings. The molecule has 4 rings (SSSR count). The first-order valence-corrected chi connectivity index (χ1v) is 9.84. The summed E-state index contributed by atoms with van der Waals surface area (Å²) in [5.74, 6) is -0.467. The van der Waals surface area contributed by atoms with Crippen molar-refractivity contribution in [3.63, 3.8) is 0 Å². The van der Waals surface area contributed by atoms with Gasteiger partial charge in [-0.3, -0.25) is 4.79 Å². The van der Waals surface area contributed by atoms with Gasteiger partial charge in [0.25, 0.3) is 5.88 Å². The maximum absolute atomic E-state index is 15.3. The Morgan fingerprint density at radius 1 is 1.33 bits per heavy atom. The van der Waals surface area contributed by atoms with Crippen LogP contribution in [-0.4, -0.2) is 63.8 Å². The number of ether oxygens (including phenoxy) is 2. The van der Waals surface area contributed by atoms with E-state index in [0.29, 0.717) is 44.1 Å². The zero-order chi connectivity index (χ0) is 21.3. The van der Waals surface area contributed by atoms with Crippen LogP contribution in [0.4, 0.5) is 16.3 Å². The highest BCUT2D eigenvalue weighted by atomic mass is 19.1. The van der Waals surface area contributed by atoms with E-state index in [2.05, 4.69) is 25.3 Å². The first kappa shape index (κ1) is 20.2. The Labute approximate surface area is 173 Å². The van der Waals surface area contributed by atoms with Gasteiger partial charge in [-0.25, -0.2) is 15.0 Å². The summed E-state index contributed by atoms with van der Waals surface area (Å²) in [7, 11) is 0. The molecule has 160 valence electrons. The van der Waals surface area contributed by atoms with Gasteiger partial charge in [-0.1, -0.05) is 0 Å². The number of nitrogens with one attached hydrogen (secondary N) is 1. The molecular weight excluding hydrogens is 393 g/mol. The average molecular weight is 417 g/mol. The van der Waals surface area contributed by atoms with Gasteiger partial charge < -0.3 is 25.4 Å². The number of anilines is 2. The van der Waals surface area contributed by atoms with Crippen LogP contribution in [0.25, 0.3) is 11.3 Å². The second-order valence-electron chi connectivity index (χ2n) is 7.55. The first-order chi connectivity index (χ1) is 14.4. The number of carbonyl (C=O) groups is 1. The van der Waals surface area contributed by atoms with Crippen molar-refractivity contribution < 1.29 is 18.7 Å². The van der Waals surface area contributed by atoms with Crippen LogP contribution in [0, 0.1) is 5.82 Å². The molecule has 2 aromatic heterocycles. The molecule has 1 aliphatic carbocycles. The molecule has 1 atom stereocenters. The molecule has 1 amide bonds. The number of nitrogen functional groups attached to an aromatic ring is 1. The summed E-state index contributed by atoms with van der Waals surface area (Å²) in [6.45, 7) is 5.09. The summed E-state index contributed by atoms with van der Waals surface area (Å²) in [6.07, 6.45) is 3.77. The van der Waals surface area contributed by atoms with Crippen molar-refractivity contribution in [2.75, 3.05) is 30.4 Å². The van der Waals surface area contributed by atoms with Crippen molar-refractivity contribution in [1.82, 2.24) is 25.3 Å². The van der Waals surface area contributed by atoms with Gasteiger partial charge in [0.15, 0.2) is 0 Å². The molecular formula is C19H24FN7O3. The van der Waals surface area contributed by atoms with Gasteiger partial charge in [-0.2, -0.15) is 9.37 Å². The van der Waals surface area contributed by atoms with Gasteiger partial charge >= 0.3 is 0 Å². The lowest BCUT2D eigenvalue weighted by Gasteiger charge is -2.36. The lowest BCUT2D eigenvalue weighted by molar-refractivity contribution is -0.120. The van der Waals surface area contributed by atoms with Crippen LogP contribution >= 0.6 is 0 Å². The summed E-state index contributed by atoms with van der Waals surface area (Å²) in [5.41, 5.74) is 5.97. The van der Waals surface area contributed by atoms with E-state index < -0.39 is 5.82 Å². The summed E-state index contributed by atoms with van der Waals surface area (Å²) in [4.78, 5) is 29.8. The number of carbonyl (C=O) groups excluding carboxylic acids is 1. The Morgan fingerprint density at radius 3 is 2.73 bits per heavy atom. The van der Waals surface area contributed by atoms with Crippen LogP contribution in [0.15, 0.2) is 12.4 Å². The molecule has 11 heteroatoms. The van der Waals surface area contributed by atoms with Crippen LogP contribution in [0.5, 0.6) is 5.88 Å². The van der Waals surface area contributed by atoms with Crippen LogP contribution in [0.3, 0.4) is 0 Å². The molecule has 30 heavy (non-hydrogen) atoms. The Kier molecular flexibility index (Phi) is 5.62. The van der Waals surface area contributed by atoms with E-state index in [0.717, 1.165) is 0 Å². The van der Waals surface area contributed by atoms with E-state index in [9.17, 15) is 4.79 Å². The normalized spacial score (nSPS) is 23.6. The highest BCUT2D eigenvalue weighted by Crippen LogP contribution is 2.32. The summed E-state index contributed by atoms with van der Waals surface area (Å²) < 4.78 is 26.6. The van der Waals surface area contributed by atoms with Crippen molar-refractivity contribution in [2.45, 2.75) is 44.9 Å². The summed E-state index contributed by atoms with van der Waals surface area (Å²) in [5, 5.41) is 2.83. The van der Waals surface area contributed by atoms with Crippen molar-refractivity contribution in [1.29, 1.82) is 0 Å². The molecule has 10 nitrogen and oxygen atoms in total. The number of aromatic nitrogens is 4. The number of halogens is 1. The molecule has 0 bridgehead atoms. The van der Waals surface area contributed by atoms with E-state index in [1.807, 2.05) is 11.8 Å². The fraction of sp³-hybridized carbons (Fsp3) is 0.526. The number of hydrogen-bond donors (Lipinski definition) is 2. The van der Waals surface area contributed by atoms with E-state index in [4.69, 9.17) is 15.2 Å². The number of nitrogens with two attached hydrogens (primary N) is 1. The third kappa shape index (κ3) is 4.25. The van der Waals surface area contributed by atoms with Gasteiger partial charge in [-0.15, -0.1) is 0 Å². The molecule has 1 saturated heterocycles. The number of hydrogen-bond acceptors (Lipinski definition) is 9. The standard InChI is InChI=1S/C19H24FN7O3/c1-10-9-29-4-3-27(10)19-25-16(12-7-22-18(21)23-8-12)15(20)17(26-19)30-14-5-13(6-14)24-11(2)28/h7-8,10,13-14H,3-6,9H2,1-2H3,(H,24,28)(H2,21,22,23)/t10-,13-,14-/m0/s1. The van der Waals surface area contributed by atoms with Gasteiger partial charge in [0, 0.05) is 50.3 Å². The summed E-state index contributed by atoms with van der Waals surface area (Å²) >= 11 is 0. The zero-order valence-corrected chi connectivity index (χ0v) is 16.8. The van der Waals surface area contributed by atoms with Gasteiger partial charge in [0.2, 0.25) is 23.6 Å². The minimum absolute atomic E-state index is 0.0282. The van der Waals surface area contributed by atoms with Crippen LogP contribution in [0.1, 0.15) is 26.7 Å². The smallest absolute Gasteiger partial charge is 0.256 e. The molecule has 1 saturated carbocycles. The number of morpholine rings is 1. The Balaban J connectivity index is 1.64. The van der Waals surface area contributed by atoms with Gasteiger partial charge in [0.1, 0.15) is 11.8 Å². The number of nitrogens with zero attached hydrogens (tertiary/aromatic N) is 5. The third-order valence-electron chi connectivity index (χ3n) is 5.16. The Hall–Kier alpha value is -3.08. The molecule has 3 N–H and O–H groups in total. The van der Waals surface area contributed by atoms with Crippen LogP contribution in [0.2, 0.25) is 0 Å². The fourth-order valence-corrected chi connectivity index (χ4v) is 3.52. The average Bonchev–Trinajstić information content (AvgIpc) is 2.68. The number of rotatable bonds is 5. The fourth-order valence-electron chi connectivity index (χ4n) is 3.52. The Bertz CT molecular complexity index is 921. The predicted octanol–water partition coefficient (Wildman–Crippen LogP) is 0.926. The monoisotopic (exact) mass is 417 g/mol. The molecule has 3 heterocycles. The number of amides is 1. The molecule has 2 aliphatic rings. The highest BCUT2D eigenvalue weighted by molar-refractivity contribution is 5.73. The second-order valence-corrected chi connectivity index (χ2v) is 7.55. The lowest BCUT2D eigenvalue weighted by Crippen LogP contribution is -2.48. The third-order valence-corrected chi connectivity index (χ3v) is 5.16. The van der Waals surface area contributed by atoms with Crippen LogP contribution < -0.4 is 20.7 Å². The first-order valence-electron chi connectivity index (χ1n) is 9.84.